The Labute approximate surface area is 188 Å². The van der Waals surface area contributed by atoms with Crippen LogP contribution in [-0.4, -0.2) is 22.6 Å². The molecule has 162 valence electrons. The number of hydrogen-bond donors (Lipinski definition) is 1. The zero-order valence-electron chi connectivity index (χ0n) is 18.5. The largest absolute Gasteiger partial charge is 0.481 e. The highest BCUT2D eigenvalue weighted by Crippen LogP contribution is 2.32. The summed E-state index contributed by atoms with van der Waals surface area (Å²) in [6.07, 6.45) is 9.10. The molecular formula is C25H28ClN3O2. The number of carbonyl (C=O) groups is 1. The minimum absolute atomic E-state index is 0.146. The Kier molecular flexibility index (Phi) is 6.05. The van der Waals surface area contributed by atoms with Crippen molar-refractivity contribution in [1.29, 1.82) is 0 Å². The Balaban J connectivity index is 1.85. The molecule has 1 aliphatic heterocycles. The normalized spacial score (nSPS) is 15.6. The van der Waals surface area contributed by atoms with E-state index in [4.69, 9.17) is 16.3 Å². The lowest BCUT2D eigenvalue weighted by molar-refractivity contribution is 0.0952. The lowest BCUT2D eigenvalue weighted by Crippen LogP contribution is -2.24. The maximum absolute atomic E-state index is 13.3. The molecule has 1 aromatic carbocycles. The topological polar surface area (TPSA) is 56.1 Å². The van der Waals surface area contributed by atoms with Gasteiger partial charge in [-0.3, -0.25) is 4.79 Å². The number of allylic oxidation sites excluding steroid dienone is 2. The first-order chi connectivity index (χ1) is 14.9. The summed E-state index contributed by atoms with van der Waals surface area (Å²) >= 11 is 6.44. The van der Waals surface area contributed by atoms with E-state index in [-0.39, 0.29) is 11.9 Å². The van der Waals surface area contributed by atoms with Crippen LogP contribution in [0.2, 0.25) is 5.02 Å². The van der Waals surface area contributed by atoms with E-state index in [0.29, 0.717) is 23.0 Å². The van der Waals surface area contributed by atoms with Gasteiger partial charge in [-0.05, 0) is 69.4 Å². The third kappa shape index (κ3) is 4.19. The number of carbonyl (C=O) groups excluding carboxylic acids is 1. The molecule has 0 fully saturated rings. The van der Waals surface area contributed by atoms with Gasteiger partial charge in [0.1, 0.15) is 0 Å². The van der Waals surface area contributed by atoms with Gasteiger partial charge in [-0.2, -0.15) is 0 Å². The van der Waals surface area contributed by atoms with Crippen molar-refractivity contribution in [3.8, 4) is 5.88 Å². The van der Waals surface area contributed by atoms with E-state index in [2.05, 4.69) is 53.1 Å². The average molecular weight is 438 g/mol. The van der Waals surface area contributed by atoms with E-state index in [1.165, 1.54) is 0 Å². The van der Waals surface area contributed by atoms with Crippen LogP contribution in [0.5, 0.6) is 5.88 Å². The number of methoxy groups -OCH3 is 1. The van der Waals surface area contributed by atoms with Gasteiger partial charge in [-0.15, -0.1) is 0 Å². The smallest absolute Gasteiger partial charge is 0.252 e. The van der Waals surface area contributed by atoms with Crippen LogP contribution in [0.4, 0.5) is 0 Å². The van der Waals surface area contributed by atoms with Gasteiger partial charge >= 0.3 is 0 Å². The third-order valence-corrected chi connectivity index (χ3v) is 6.01. The fraction of sp³-hybridized carbons (Fsp3) is 0.360. The number of amides is 1. The SMILES string of the molecule is COc1nc(C)cc2c1CNC(=O)c1cc(Cl)cc3c1c(cn3C(C)C)C/C=C\CC2. The molecule has 2 aromatic heterocycles. The van der Waals surface area contributed by atoms with Crippen molar-refractivity contribution >= 4 is 28.4 Å². The predicted octanol–water partition coefficient (Wildman–Crippen LogP) is 5.56. The van der Waals surface area contributed by atoms with Gasteiger partial charge in [0.2, 0.25) is 5.88 Å². The number of pyridine rings is 1. The number of hydrogen-bond acceptors (Lipinski definition) is 3. The van der Waals surface area contributed by atoms with E-state index < -0.39 is 0 Å². The summed E-state index contributed by atoms with van der Waals surface area (Å²) in [6, 6.07) is 6.06. The molecule has 3 heterocycles. The summed E-state index contributed by atoms with van der Waals surface area (Å²) in [4.78, 5) is 17.9. The first kappa shape index (κ1) is 21.4. The molecule has 0 spiro atoms. The second-order valence-corrected chi connectivity index (χ2v) is 8.75. The van der Waals surface area contributed by atoms with Crippen LogP contribution >= 0.6 is 11.6 Å². The maximum atomic E-state index is 13.3. The minimum atomic E-state index is -0.146. The van der Waals surface area contributed by atoms with Crippen LogP contribution in [0.25, 0.3) is 10.9 Å². The van der Waals surface area contributed by atoms with Gasteiger partial charge in [0.15, 0.2) is 0 Å². The number of ether oxygens (including phenoxy) is 1. The van der Waals surface area contributed by atoms with E-state index in [0.717, 1.165) is 52.5 Å². The van der Waals surface area contributed by atoms with Gasteiger partial charge < -0.3 is 14.6 Å². The number of nitrogens with one attached hydrogen (secondary N) is 1. The van der Waals surface area contributed by atoms with Crippen molar-refractivity contribution < 1.29 is 9.53 Å². The third-order valence-electron chi connectivity index (χ3n) is 5.79. The molecule has 1 N–H and O–H groups in total. The molecule has 6 heteroatoms. The number of halogens is 1. The molecule has 0 aliphatic carbocycles. The standard InChI is InChI=1S/C25H28ClN3O2/c1-15(2)29-14-18-9-7-5-6-8-17-10-16(3)28-25(31-4)21(17)13-27-24(30)20-11-19(26)12-22(29)23(18)20/h5,7,10-12,14-15H,6,8-9,13H2,1-4H3,(H,27,30)/b7-5-. The highest BCUT2D eigenvalue weighted by Gasteiger charge is 2.20. The van der Waals surface area contributed by atoms with E-state index in [1.54, 1.807) is 13.2 Å². The summed E-state index contributed by atoms with van der Waals surface area (Å²) in [5, 5.41) is 4.61. The number of benzene rings is 1. The molecule has 1 aliphatic rings. The number of nitrogens with zero attached hydrogens (tertiary/aromatic N) is 2. The zero-order chi connectivity index (χ0) is 22.1. The number of fused-ring (bicyclic) bond motifs is 1. The van der Waals surface area contributed by atoms with Gasteiger partial charge in [-0.1, -0.05) is 23.8 Å². The monoisotopic (exact) mass is 437 g/mol. The Hall–Kier alpha value is -2.79. The zero-order valence-corrected chi connectivity index (χ0v) is 19.2. The summed E-state index contributed by atoms with van der Waals surface area (Å²) in [7, 11) is 1.62. The molecule has 0 bridgehead atoms. The summed E-state index contributed by atoms with van der Waals surface area (Å²) in [6.45, 7) is 6.58. The Morgan fingerprint density at radius 3 is 2.74 bits per heavy atom. The van der Waals surface area contributed by atoms with Crippen LogP contribution < -0.4 is 10.1 Å². The van der Waals surface area contributed by atoms with Crippen LogP contribution in [0.1, 0.15) is 59.1 Å². The Morgan fingerprint density at radius 2 is 2.00 bits per heavy atom. The van der Waals surface area contributed by atoms with Crippen molar-refractivity contribution in [1.82, 2.24) is 14.9 Å². The predicted molar refractivity (Wildman–Crippen MR) is 125 cm³/mol. The van der Waals surface area contributed by atoms with Gasteiger partial charge in [-0.25, -0.2) is 4.98 Å². The van der Waals surface area contributed by atoms with Gasteiger partial charge in [0.25, 0.3) is 5.91 Å². The summed E-state index contributed by atoms with van der Waals surface area (Å²) in [5.74, 6) is 0.420. The van der Waals surface area contributed by atoms with Gasteiger partial charge in [0, 0.05) is 40.4 Å². The number of aromatic nitrogens is 2. The van der Waals surface area contributed by atoms with Crippen LogP contribution in [0, 0.1) is 6.92 Å². The molecule has 0 atom stereocenters. The van der Waals surface area contributed by atoms with Crippen LogP contribution in [0.3, 0.4) is 0 Å². The number of rotatable bonds is 2. The van der Waals surface area contributed by atoms with Crippen molar-refractivity contribution in [2.75, 3.05) is 7.11 Å². The lowest BCUT2D eigenvalue weighted by Gasteiger charge is -2.15. The molecule has 4 rings (SSSR count). The molecule has 5 nitrogen and oxygen atoms in total. The van der Waals surface area contributed by atoms with Crippen LogP contribution in [0.15, 0.2) is 36.5 Å². The first-order valence-corrected chi connectivity index (χ1v) is 11.1. The van der Waals surface area contributed by atoms with Crippen molar-refractivity contribution in [2.24, 2.45) is 0 Å². The highest BCUT2D eigenvalue weighted by molar-refractivity contribution is 6.32. The van der Waals surface area contributed by atoms with Crippen molar-refractivity contribution in [2.45, 2.75) is 52.6 Å². The second-order valence-electron chi connectivity index (χ2n) is 8.31. The molecule has 1 amide bonds. The summed E-state index contributed by atoms with van der Waals surface area (Å²) < 4.78 is 7.73. The molecule has 31 heavy (non-hydrogen) atoms. The Morgan fingerprint density at radius 1 is 1.19 bits per heavy atom. The Bertz CT molecular complexity index is 1180. The molecular weight excluding hydrogens is 410 g/mol. The van der Waals surface area contributed by atoms with Crippen LogP contribution in [-0.2, 0) is 19.4 Å². The second kappa shape index (κ2) is 8.75. The number of aryl methyl sites for hydroxylation is 2. The highest BCUT2D eigenvalue weighted by atomic mass is 35.5. The average Bonchev–Trinajstić information content (AvgIpc) is 3.09. The minimum Gasteiger partial charge on any atom is -0.481 e. The van der Waals surface area contributed by atoms with Crippen molar-refractivity contribution in [3.05, 3.63) is 69.5 Å². The first-order valence-electron chi connectivity index (χ1n) is 10.7. The summed E-state index contributed by atoms with van der Waals surface area (Å²) in [5.41, 5.74) is 5.70. The van der Waals surface area contributed by atoms with E-state index in [1.807, 2.05) is 13.0 Å². The van der Waals surface area contributed by atoms with Gasteiger partial charge in [0.05, 0.1) is 18.2 Å². The quantitative estimate of drug-likeness (QED) is 0.534. The molecule has 3 aromatic rings. The molecule has 0 saturated heterocycles. The molecule has 0 unspecified atom stereocenters. The fourth-order valence-corrected chi connectivity index (χ4v) is 4.56. The molecule has 0 saturated carbocycles. The molecule has 0 radical (unpaired) electrons. The van der Waals surface area contributed by atoms with E-state index >= 15 is 0 Å². The maximum Gasteiger partial charge on any atom is 0.252 e. The van der Waals surface area contributed by atoms with Crippen molar-refractivity contribution in [3.63, 3.8) is 0 Å². The van der Waals surface area contributed by atoms with E-state index in [9.17, 15) is 4.79 Å². The lowest BCUT2D eigenvalue weighted by atomic mass is 10.0. The fourth-order valence-electron chi connectivity index (χ4n) is 4.35.